The van der Waals surface area contributed by atoms with Gasteiger partial charge in [-0.15, -0.1) is 13.2 Å². The SMILES string of the molecule is CCCc1ccc(C2=Cc3ccc(-c4ccc(OC(F)(F)F)cc4)c(F)c3CC2)cc1. The number of hydrogen-bond donors (Lipinski definition) is 0. The minimum absolute atomic E-state index is 0.324. The molecule has 5 heteroatoms. The maximum absolute atomic E-state index is 15.2. The van der Waals surface area contributed by atoms with Gasteiger partial charge in [0.25, 0.3) is 0 Å². The van der Waals surface area contributed by atoms with Gasteiger partial charge in [0.1, 0.15) is 11.6 Å². The van der Waals surface area contributed by atoms with Crippen molar-refractivity contribution >= 4 is 11.6 Å². The quantitative estimate of drug-likeness (QED) is 0.378. The molecule has 0 amide bonds. The Hall–Kier alpha value is -3.08. The van der Waals surface area contributed by atoms with Crippen LogP contribution in [0.5, 0.6) is 5.75 Å². The molecular formula is C26H22F4O. The number of hydrogen-bond acceptors (Lipinski definition) is 1. The molecule has 0 aliphatic heterocycles. The van der Waals surface area contributed by atoms with Crippen molar-refractivity contribution in [3.8, 4) is 16.9 Å². The number of rotatable bonds is 5. The van der Waals surface area contributed by atoms with Crippen LogP contribution in [0.3, 0.4) is 0 Å². The molecule has 0 N–H and O–H groups in total. The van der Waals surface area contributed by atoms with Crippen molar-refractivity contribution in [2.75, 3.05) is 0 Å². The molecule has 31 heavy (non-hydrogen) atoms. The van der Waals surface area contributed by atoms with Gasteiger partial charge in [0, 0.05) is 5.56 Å². The minimum Gasteiger partial charge on any atom is -0.406 e. The highest BCUT2D eigenvalue weighted by atomic mass is 19.4. The molecule has 1 nitrogen and oxygen atoms in total. The summed E-state index contributed by atoms with van der Waals surface area (Å²) in [6.07, 6.45) is 0.750. The molecule has 0 unspecified atom stereocenters. The van der Waals surface area contributed by atoms with E-state index in [0.29, 0.717) is 23.1 Å². The summed E-state index contributed by atoms with van der Waals surface area (Å²) in [5.41, 5.74) is 6.00. The van der Waals surface area contributed by atoms with E-state index in [0.717, 1.165) is 30.4 Å². The van der Waals surface area contributed by atoms with Gasteiger partial charge in [-0.1, -0.05) is 68.0 Å². The van der Waals surface area contributed by atoms with Crippen LogP contribution in [0.15, 0.2) is 60.7 Å². The van der Waals surface area contributed by atoms with Gasteiger partial charge in [-0.05, 0) is 64.8 Å². The van der Waals surface area contributed by atoms with E-state index in [1.54, 1.807) is 6.07 Å². The Kier molecular flexibility index (Phi) is 5.86. The number of ether oxygens (including phenoxy) is 1. The lowest BCUT2D eigenvalue weighted by atomic mass is 9.86. The Labute approximate surface area is 179 Å². The van der Waals surface area contributed by atoms with E-state index in [1.165, 1.54) is 35.4 Å². The standard InChI is InChI=1S/C26H22F4O/c1-2-3-17-4-6-18(7-5-17)20-10-14-24-21(16-20)11-15-23(25(24)27)19-8-12-22(13-9-19)31-26(28,29)30/h4-9,11-13,15-16H,2-3,10,14H2,1H3. The second-order valence-electron chi connectivity index (χ2n) is 7.68. The number of alkyl halides is 3. The van der Waals surface area contributed by atoms with Gasteiger partial charge in [0.2, 0.25) is 0 Å². The smallest absolute Gasteiger partial charge is 0.406 e. The molecule has 0 radical (unpaired) electrons. The van der Waals surface area contributed by atoms with Crippen molar-refractivity contribution < 1.29 is 22.3 Å². The molecule has 160 valence electrons. The van der Waals surface area contributed by atoms with Crippen LogP contribution in [0.4, 0.5) is 17.6 Å². The summed E-state index contributed by atoms with van der Waals surface area (Å²) in [5.74, 6) is -0.650. The molecule has 3 aromatic rings. The van der Waals surface area contributed by atoms with Crippen molar-refractivity contribution in [2.45, 2.75) is 39.0 Å². The van der Waals surface area contributed by atoms with Crippen LogP contribution in [0.1, 0.15) is 42.0 Å². The van der Waals surface area contributed by atoms with Crippen molar-refractivity contribution in [3.05, 3.63) is 88.7 Å². The molecule has 0 spiro atoms. The highest BCUT2D eigenvalue weighted by molar-refractivity contribution is 5.85. The lowest BCUT2D eigenvalue weighted by molar-refractivity contribution is -0.274. The van der Waals surface area contributed by atoms with Crippen molar-refractivity contribution in [1.29, 1.82) is 0 Å². The van der Waals surface area contributed by atoms with Gasteiger partial charge in [-0.3, -0.25) is 0 Å². The predicted octanol–water partition coefficient (Wildman–Crippen LogP) is 7.83. The molecule has 0 fully saturated rings. The first-order valence-corrected chi connectivity index (χ1v) is 10.3. The molecule has 3 aromatic carbocycles. The molecule has 0 aromatic heterocycles. The zero-order valence-electron chi connectivity index (χ0n) is 17.1. The minimum atomic E-state index is -4.75. The fourth-order valence-corrected chi connectivity index (χ4v) is 4.01. The van der Waals surface area contributed by atoms with Crippen LogP contribution < -0.4 is 4.74 Å². The molecule has 4 rings (SSSR count). The van der Waals surface area contributed by atoms with Gasteiger partial charge in [0.15, 0.2) is 0 Å². The van der Waals surface area contributed by atoms with Crippen LogP contribution in [0.25, 0.3) is 22.8 Å². The third kappa shape index (κ3) is 4.82. The third-order valence-electron chi connectivity index (χ3n) is 5.52. The zero-order chi connectivity index (χ0) is 22.0. The first-order valence-electron chi connectivity index (χ1n) is 10.3. The molecule has 0 heterocycles. The van der Waals surface area contributed by atoms with E-state index in [1.807, 2.05) is 12.1 Å². The molecule has 1 aliphatic rings. The Balaban J connectivity index is 1.59. The van der Waals surface area contributed by atoms with Gasteiger partial charge in [-0.25, -0.2) is 4.39 Å². The summed E-state index contributed by atoms with van der Waals surface area (Å²) >= 11 is 0. The van der Waals surface area contributed by atoms with E-state index in [4.69, 9.17) is 0 Å². The number of aryl methyl sites for hydroxylation is 1. The Morgan fingerprint density at radius 2 is 1.52 bits per heavy atom. The van der Waals surface area contributed by atoms with Crippen LogP contribution in [0.2, 0.25) is 0 Å². The van der Waals surface area contributed by atoms with Gasteiger partial charge >= 0.3 is 6.36 Å². The van der Waals surface area contributed by atoms with Crippen LogP contribution in [0, 0.1) is 5.82 Å². The average molecular weight is 426 g/mol. The fraction of sp³-hybridized carbons (Fsp3) is 0.231. The predicted molar refractivity (Wildman–Crippen MR) is 115 cm³/mol. The largest absolute Gasteiger partial charge is 0.573 e. The van der Waals surface area contributed by atoms with Crippen molar-refractivity contribution in [2.24, 2.45) is 0 Å². The monoisotopic (exact) mass is 426 g/mol. The molecule has 0 saturated carbocycles. The summed E-state index contributed by atoms with van der Waals surface area (Å²) in [6, 6.07) is 17.4. The van der Waals surface area contributed by atoms with Crippen molar-refractivity contribution in [1.82, 2.24) is 0 Å². The Bertz CT molecular complexity index is 1090. The first kappa shape index (κ1) is 21.2. The van der Waals surface area contributed by atoms with Crippen LogP contribution in [-0.2, 0) is 12.8 Å². The second kappa shape index (κ2) is 8.58. The summed E-state index contributed by atoms with van der Waals surface area (Å²) in [5, 5.41) is 0. The fourth-order valence-electron chi connectivity index (χ4n) is 4.01. The molecule has 0 bridgehead atoms. The number of halogens is 4. The van der Waals surface area contributed by atoms with Gasteiger partial charge in [0.05, 0.1) is 0 Å². The highest BCUT2D eigenvalue weighted by Gasteiger charge is 2.31. The Morgan fingerprint density at radius 3 is 2.16 bits per heavy atom. The van der Waals surface area contributed by atoms with E-state index in [9.17, 15) is 13.2 Å². The summed E-state index contributed by atoms with van der Waals surface area (Å²) in [7, 11) is 0. The first-order chi connectivity index (χ1) is 14.8. The van der Waals surface area contributed by atoms with E-state index in [2.05, 4.69) is 35.9 Å². The molecule has 0 saturated heterocycles. The summed E-state index contributed by atoms with van der Waals surface area (Å²) < 4.78 is 56.1. The Morgan fingerprint density at radius 1 is 0.839 bits per heavy atom. The average Bonchev–Trinajstić information content (AvgIpc) is 2.74. The van der Waals surface area contributed by atoms with Crippen molar-refractivity contribution in [3.63, 3.8) is 0 Å². The maximum atomic E-state index is 15.2. The van der Waals surface area contributed by atoms with E-state index in [-0.39, 0.29) is 11.6 Å². The van der Waals surface area contributed by atoms with Crippen LogP contribution >= 0.6 is 0 Å². The summed E-state index contributed by atoms with van der Waals surface area (Å²) in [6.45, 7) is 2.15. The van der Waals surface area contributed by atoms with Gasteiger partial charge < -0.3 is 4.74 Å². The molecular weight excluding hydrogens is 404 g/mol. The van der Waals surface area contributed by atoms with Gasteiger partial charge in [-0.2, -0.15) is 0 Å². The number of fused-ring (bicyclic) bond motifs is 1. The highest BCUT2D eigenvalue weighted by Crippen LogP contribution is 2.36. The van der Waals surface area contributed by atoms with E-state index < -0.39 is 6.36 Å². The number of allylic oxidation sites excluding steroid dienone is 1. The third-order valence-corrected chi connectivity index (χ3v) is 5.52. The summed E-state index contributed by atoms with van der Waals surface area (Å²) in [4.78, 5) is 0. The lowest BCUT2D eigenvalue weighted by Gasteiger charge is -2.19. The lowest BCUT2D eigenvalue weighted by Crippen LogP contribution is -2.16. The molecule has 1 aliphatic carbocycles. The topological polar surface area (TPSA) is 9.23 Å². The normalized spacial score (nSPS) is 13.5. The van der Waals surface area contributed by atoms with E-state index >= 15 is 4.39 Å². The maximum Gasteiger partial charge on any atom is 0.573 e. The van der Waals surface area contributed by atoms with Crippen LogP contribution in [-0.4, -0.2) is 6.36 Å². The zero-order valence-corrected chi connectivity index (χ0v) is 17.1. The number of benzene rings is 3. The molecule has 0 atom stereocenters. The second-order valence-corrected chi connectivity index (χ2v) is 7.68.